The van der Waals surface area contributed by atoms with Crippen molar-refractivity contribution in [3.8, 4) is 0 Å². The van der Waals surface area contributed by atoms with Crippen LogP contribution in [0.2, 0.25) is 0 Å². The molecule has 0 amide bonds. The molecule has 0 aromatic rings. The van der Waals surface area contributed by atoms with Crippen molar-refractivity contribution in [2.75, 3.05) is 44.7 Å². The van der Waals surface area contributed by atoms with Crippen LogP contribution in [0.3, 0.4) is 0 Å². The van der Waals surface area contributed by atoms with E-state index in [-0.39, 0.29) is 5.75 Å². The molecule has 1 aliphatic rings. The molecule has 1 rings (SSSR count). The highest BCUT2D eigenvalue weighted by Gasteiger charge is 2.16. The molecule has 4 nitrogen and oxygen atoms in total. The Labute approximate surface area is 112 Å². The van der Waals surface area contributed by atoms with Gasteiger partial charge in [-0.05, 0) is 58.3 Å². The second-order valence-electron chi connectivity index (χ2n) is 5.44. The van der Waals surface area contributed by atoms with E-state index in [1.165, 1.54) is 32.4 Å². The van der Waals surface area contributed by atoms with Gasteiger partial charge in [0, 0.05) is 12.3 Å². The molecule has 0 atom stereocenters. The highest BCUT2D eigenvalue weighted by atomic mass is 32.2. The Kier molecular flexibility index (Phi) is 7.19. The van der Waals surface area contributed by atoms with Crippen LogP contribution in [-0.4, -0.2) is 58.1 Å². The van der Waals surface area contributed by atoms with E-state index in [0.717, 1.165) is 18.9 Å². The molecule has 108 valence electrons. The van der Waals surface area contributed by atoms with Crippen molar-refractivity contribution in [3.05, 3.63) is 0 Å². The zero-order valence-corrected chi connectivity index (χ0v) is 12.6. The maximum Gasteiger partial charge on any atom is 0.151 e. The molecule has 5 heteroatoms. The summed E-state index contributed by atoms with van der Waals surface area (Å²) >= 11 is 0. The second-order valence-corrected chi connectivity index (χ2v) is 7.74. The summed E-state index contributed by atoms with van der Waals surface area (Å²) in [6.45, 7) is 5.88. The molecule has 0 bridgehead atoms. The lowest BCUT2D eigenvalue weighted by molar-refractivity contribution is 0.212. The summed E-state index contributed by atoms with van der Waals surface area (Å²) in [5, 5.41) is 3.27. The molecule has 1 fully saturated rings. The molecule has 0 aliphatic carbocycles. The summed E-state index contributed by atoms with van der Waals surface area (Å²) in [7, 11) is -0.640. The van der Waals surface area contributed by atoms with Gasteiger partial charge in [0.1, 0.15) is 0 Å². The van der Waals surface area contributed by atoms with Gasteiger partial charge in [-0.3, -0.25) is 0 Å². The Hall–Kier alpha value is -0.130. The zero-order valence-electron chi connectivity index (χ0n) is 11.8. The van der Waals surface area contributed by atoms with Crippen molar-refractivity contribution in [1.29, 1.82) is 0 Å². The Morgan fingerprint density at radius 2 is 1.83 bits per heavy atom. The average molecular weight is 276 g/mol. The minimum atomic E-state index is -2.81. The quantitative estimate of drug-likeness (QED) is 0.675. The van der Waals surface area contributed by atoms with Gasteiger partial charge in [-0.2, -0.15) is 0 Å². The Morgan fingerprint density at radius 3 is 2.44 bits per heavy atom. The summed E-state index contributed by atoms with van der Waals surface area (Å²) < 4.78 is 23.0. The van der Waals surface area contributed by atoms with Crippen LogP contribution in [0.15, 0.2) is 0 Å². The molecule has 1 saturated heterocycles. The van der Waals surface area contributed by atoms with Crippen LogP contribution in [0, 0.1) is 5.92 Å². The predicted molar refractivity (Wildman–Crippen MR) is 76.7 cm³/mol. The van der Waals surface area contributed by atoms with Crippen molar-refractivity contribution >= 4 is 9.84 Å². The van der Waals surface area contributed by atoms with Crippen molar-refractivity contribution < 1.29 is 8.42 Å². The molecule has 1 heterocycles. The third-order valence-corrected chi connectivity index (χ3v) is 5.53. The average Bonchev–Trinajstić information content (AvgIpc) is 2.31. The summed E-state index contributed by atoms with van der Waals surface area (Å²) in [6.07, 6.45) is 4.47. The first-order valence-electron chi connectivity index (χ1n) is 7.13. The van der Waals surface area contributed by atoms with Gasteiger partial charge >= 0.3 is 0 Å². The summed E-state index contributed by atoms with van der Waals surface area (Å²) in [5.74, 6) is 1.43. The molecule has 18 heavy (non-hydrogen) atoms. The van der Waals surface area contributed by atoms with E-state index in [9.17, 15) is 8.42 Å². The van der Waals surface area contributed by atoms with Gasteiger partial charge < -0.3 is 10.2 Å². The fourth-order valence-corrected chi connectivity index (χ4v) is 3.70. The van der Waals surface area contributed by atoms with E-state index in [1.54, 1.807) is 0 Å². The minimum absolute atomic E-state index is 0.286. The van der Waals surface area contributed by atoms with Gasteiger partial charge in [0.25, 0.3) is 0 Å². The molecule has 0 aromatic carbocycles. The molecule has 1 aliphatic heterocycles. The number of nitrogens with one attached hydrogen (secondary N) is 1. The normalized spacial score (nSPS) is 19.2. The van der Waals surface area contributed by atoms with Gasteiger partial charge in [-0.25, -0.2) is 8.42 Å². The molecule has 0 saturated carbocycles. The first-order valence-corrected chi connectivity index (χ1v) is 8.95. The van der Waals surface area contributed by atoms with E-state index in [1.807, 2.05) is 6.92 Å². The maximum atomic E-state index is 11.5. The highest BCUT2D eigenvalue weighted by molar-refractivity contribution is 7.91. The number of sulfone groups is 1. The Balaban J connectivity index is 2.02. The van der Waals surface area contributed by atoms with Crippen LogP contribution in [0.25, 0.3) is 0 Å². The van der Waals surface area contributed by atoms with Gasteiger partial charge in [0.05, 0.1) is 5.75 Å². The summed E-state index contributed by atoms with van der Waals surface area (Å²) in [5.41, 5.74) is 0. The number of piperidine rings is 1. The Morgan fingerprint density at radius 1 is 1.17 bits per heavy atom. The van der Waals surface area contributed by atoms with Crippen LogP contribution < -0.4 is 5.32 Å². The van der Waals surface area contributed by atoms with Gasteiger partial charge in [0.2, 0.25) is 0 Å². The van der Waals surface area contributed by atoms with E-state index < -0.39 is 9.84 Å². The van der Waals surface area contributed by atoms with E-state index in [2.05, 4.69) is 17.3 Å². The standard InChI is InChI=1S/C13H28N2O2S/c1-3-11-18(16,17)12-8-14-7-4-13-5-9-15(2)10-6-13/h13-14H,3-12H2,1-2H3. The maximum absolute atomic E-state index is 11.5. The van der Waals surface area contributed by atoms with Crippen LogP contribution >= 0.6 is 0 Å². The SMILES string of the molecule is CCCS(=O)(=O)CCNCCC1CCN(C)CC1. The predicted octanol–water partition coefficient (Wildman–Crippen LogP) is 1.13. The van der Waals surface area contributed by atoms with E-state index in [0.29, 0.717) is 12.3 Å². The van der Waals surface area contributed by atoms with Crippen LogP contribution in [0.1, 0.15) is 32.6 Å². The lowest BCUT2D eigenvalue weighted by Crippen LogP contribution is -2.32. The minimum Gasteiger partial charge on any atom is -0.316 e. The fourth-order valence-electron chi connectivity index (χ4n) is 2.42. The molecular weight excluding hydrogens is 248 g/mol. The van der Waals surface area contributed by atoms with Crippen molar-refractivity contribution in [2.45, 2.75) is 32.6 Å². The van der Waals surface area contributed by atoms with Crippen LogP contribution in [0.4, 0.5) is 0 Å². The lowest BCUT2D eigenvalue weighted by atomic mass is 9.94. The molecule has 0 unspecified atom stereocenters. The Bertz CT molecular complexity index is 309. The lowest BCUT2D eigenvalue weighted by Gasteiger charge is -2.28. The van der Waals surface area contributed by atoms with Gasteiger partial charge in [-0.15, -0.1) is 0 Å². The van der Waals surface area contributed by atoms with Gasteiger partial charge in [0.15, 0.2) is 9.84 Å². The monoisotopic (exact) mass is 276 g/mol. The second kappa shape index (κ2) is 8.12. The molecular formula is C13H28N2O2S. The fraction of sp³-hybridized carbons (Fsp3) is 1.00. The third-order valence-electron chi connectivity index (χ3n) is 3.67. The number of hydrogen-bond donors (Lipinski definition) is 1. The molecule has 0 radical (unpaired) electrons. The molecule has 1 N–H and O–H groups in total. The number of likely N-dealkylation sites (tertiary alicyclic amines) is 1. The van der Waals surface area contributed by atoms with Crippen molar-refractivity contribution in [3.63, 3.8) is 0 Å². The summed E-state index contributed by atoms with van der Waals surface area (Å²) in [6, 6.07) is 0. The zero-order chi connectivity index (χ0) is 13.4. The first-order chi connectivity index (χ1) is 8.53. The van der Waals surface area contributed by atoms with Gasteiger partial charge in [-0.1, -0.05) is 6.92 Å². The number of nitrogens with zero attached hydrogens (tertiary/aromatic N) is 1. The number of hydrogen-bond acceptors (Lipinski definition) is 4. The molecule has 0 spiro atoms. The largest absolute Gasteiger partial charge is 0.316 e. The van der Waals surface area contributed by atoms with E-state index >= 15 is 0 Å². The first kappa shape index (κ1) is 15.9. The van der Waals surface area contributed by atoms with Crippen LogP contribution in [-0.2, 0) is 9.84 Å². The smallest absolute Gasteiger partial charge is 0.151 e. The topological polar surface area (TPSA) is 49.4 Å². The van der Waals surface area contributed by atoms with E-state index in [4.69, 9.17) is 0 Å². The van der Waals surface area contributed by atoms with Crippen molar-refractivity contribution in [2.24, 2.45) is 5.92 Å². The number of rotatable bonds is 8. The van der Waals surface area contributed by atoms with Crippen molar-refractivity contribution in [1.82, 2.24) is 10.2 Å². The molecule has 0 aromatic heterocycles. The highest BCUT2D eigenvalue weighted by Crippen LogP contribution is 2.18. The third kappa shape index (κ3) is 6.71. The summed E-state index contributed by atoms with van der Waals surface area (Å²) in [4.78, 5) is 2.38. The van der Waals surface area contributed by atoms with Crippen LogP contribution in [0.5, 0.6) is 0 Å².